The zero-order valence-electron chi connectivity index (χ0n) is 12.3. The highest BCUT2D eigenvalue weighted by molar-refractivity contribution is 6.14. The van der Waals surface area contributed by atoms with Crippen molar-refractivity contribution < 1.29 is 14.2 Å². The van der Waals surface area contributed by atoms with Gasteiger partial charge in [-0.3, -0.25) is 4.99 Å². The van der Waals surface area contributed by atoms with E-state index in [0.717, 1.165) is 11.3 Å². The molecule has 108 valence electrons. The minimum Gasteiger partial charge on any atom is -0.493 e. The molecule has 4 heteroatoms. The van der Waals surface area contributed by atoms with E-state index in [2.05, 4.69) is 17.1 Å². The van der Waals surface area contributed by atoms with Gasteiger partial charge in [0.1, 0.15) is 6.04 Å². The summed E-state index contributed by atoms with van der Waals surface area (Å²) in [6.45, 7) is 0. The van der Waals surface area contributed by atoms with Crippen molar-refractivity contribution in [2.75, 3.05) is 21.3 Å². The molecule has 1 unspecified atom stereocenters. The molecule has 0 radical (unpaired) electrons. The van der Waals surface area contributed by atoms with Crippen molar-refractivity contribution in [3.05, 3.63) is 53.6 Å². The normalized spacial score (nSPS) is 16.1. The van der Waals surface area contributed by atoms with Gasteiger partial charge in [0.25, 0.3) is 0 Å². The van der Waals surface area contributed by atoms with Crippen LogP contribution >= 0.6 is 0 Å². The summed E-state index contributed by atoms with van der Waals surface area (Å²) in [5.41, 5.74) is 3.24. The van der Waals surface area contributed by atoms with Gasteiger partial charge in [-0.05, 0) is 17.7 Å². The van der Waals surface area contributed by atoms with Gasteiger partial charge < -0.3 is 14.2 Å². The number of aliphatic imine (C=N–C) groups is 1. The molecule has 2 aromatic carbocycles. The quantitative estimate of drug-likeness (QED) is 0.845. The van der Waals surface area contributed by atoms with Gasteiger partial charge in [0.15, 0.2) is 11.5 Å². The van der Waals surface area contributed by atoms with E-state index in [1.54, 1.807) is 21.3 Å². The molecule has 1 aliphatic heterocycles. The Hall–Kier alpha value is -2.49. The Balaban J connectivity index is 1.92. The molecule has 1 heterocycles. The van der Waals surface area contributed by atoms with Crippen molar-refractivity contribution in [2.24, 2.45) is 4.99 Å². The van der Waals surface area contributed by atoms with Crippen LogP contribution < -0.4 is 14.2 Å². The van der Waals surface area contributed by atoms with Crippen LogP contribution in [0, 0.1) is 0 Å². The van der Waals surface area contributed by atoms with Gasteiger partial charge >= 0.3 is 0 Å². The highest BCUT2D eigenvalue weighted by atomic mass is 16.5. The van der Waals surface area contributed by atoms with Crippen LogP contribution in [0.3, 0.4) is 0 Å². The minimum absolute atomic E-state index is 0.133. The van der Waals surface area contributed by atoms with Crippen LogP contribution in [0.2, 0.25) is 0 Å². The highest BCUT2D eigenvalue weighted by Crippen LogP contribution is 2.42. The standard InChI is InChI=1S/C17H17NO3/c1-19-13-9-12(10-14(20-2)17(13)21-3)16-15(18-16)11-7-5-4-6-8-11/h4-10,15H,1-3H3. The van der Waals surface area contributed by atoms with Gasteiger partial charge in [0.05, 0.1) is 27.0 Å². The van der Waals surface area contributed by atoms with Crippen molar-refractivity contribution in [2.45, 2.75) is 6.04 Å². The Bertz CT molecular complexity index is 655. The van der Waals surface area contributed by atoms with Crippen molar-refractivity contribution in [3.8, 4) is 17.2 Å². The Morgan fingerprint density at radius 1 is 0.857 bits per heavy atom. The van der Waals surface area contributed by atoms with Crippen LogP contribution in [-0.4, -0.2) is 27.0 Å². The van der Waals surface area contributed by atoms with E-state index in [-0.39, 0.29) is 6.04 Å². The van der Waals surface area contributed by atoms with E-state index in [4.69, 9.17) is 14.2 Å². The molecule has 0 N–H and O–H groups in total. The Morgan fingerprint density at radius 2 is 1.48 bits per heavy atom. The Labute approximate surface area is 124 Å². The van der Waals surface area contributed by atoms with Gasteiger partial charge in [-0.2, -0.15) is 0 Å². The van der Waals surface area contributed by atoms with E-state index in [1.165, 1.54) is 5.56 Å². The molecule has 2 aromatic rings. The van der Waals surface area contributed by atoms with Crippen LogP contribution in [0.1, 0.15) is 17.2 Å². The third-order valence-electron chi connectivity index (χ3n) is 3.54. The molecule has 21 heavy (non-hydrogen) atoms. The highest BCUT2D eigenvalue weighted by Gasteiger charge is 2.32. The fourth-order valence-electron chi connectivity index (χ4n) is 2.43. The first-order valence-corrected chi connectivity index (χ1v) is 6.71. The first kappa shape index (κ1) is 13.5. The second-order valence-electron chi connectivity index (χ2n) is 4.74. The SMILES string of the molecule is COc1cc(C2=NC2c2ccccc2)cc(OC)c1OC. The predicted octanol–water partition coefficient (Wildman–Crippen LogP) is 3.26. The number of benzene rings is 2. The third-order valence-corrected chi connectivity index (χ3v) is 3.54. The molecule has 0 spiro atoms. The zero-order valence-corrected chi connectivity index (χ0v) is 12.3. The van der Waals surface area contributed by atoms with Crippen molar-refractivity contribution >= 4 is 5.71 Å². The van der Waals surface area contributed by atoms with Crippen molar-refractivity contribution in [3.63, 3.8) is 0 Å². The smallest absolute Gasteiger partial charge is 0.203 e. The summed E-state index contributed by atoms with van der Waals surface area (Å²) in [6.07, 6.45) is 0. The van der Waals surface area contributed by atoms with Crippen LogP contribution in [0.15, 0.2) is 47.5 Å². The Kier molecular flexibility index (Phi) is 3.52. The van der Waals surface area contributed by atoms with Crippen LogP contribution in [0.5, 0.6) is 17.2 Å². The number of nitrogens with zero attached hydrogens (tertiary/aromatic N) is 1. The molecule has 0 aliphatic carbocycles. The molecule has 1 aliphatic rings. The molecule has 4 nitrogen and oxygen atoms in total. The second-order valence-corrected chi connectivity index (χ2v) is 4.74. The average Bonchev–Trinajstić information content (AvgIpc) is 3.34. The molecule has 0 saturated heterocycles. The summed E-state index contributed by atoms with van der Waals surface area (Å²) in [5, 5.41) is 0. The first-order chi connectivity index (χ1) is 10.3. The zero-order chi connectivity index (χ0) is 14.8. The number of hydrogen-bond donors (Lipinski definition) is 0. The maximum Gasteiger partial charge on any atom is 0.203 e. The first-order valence-electron chi connectivity index (χ1n) is 6.71. The predicted molar refractivity (Wildman–Crippen MR) is 81.8 cm³/mol. The molecule has 0 saturated carbocycles. The fourth-order valence-corrected chi connectivity index (χ4v) is 2.43. The molecule has 0 amide bonds. The van der Waals surface area contributed by atoms with Gasteiger partial charge in [-0.1, -0.05) is 30.3 Å². The summed E-state index contributed by atoms with van der Waals surface area (Å²) in [6, 6.07) is 14.2. The van der Waals surface area contributed by atoms with Gasteiger partial charge in [-0.25, -0.2) is 0 Å². The van der Waals surface area contributed by atoms with E-state index >= 15 is 0 Å². The van der Waals surface area contributed by atoms with Gasteiger partial charge in [0, 0.05) is 5.56 Å². The number of ether oxygens (including phenoxy) is 3. The van der Waals surface area contributed by atoms with Crippen LogP contribution in [0.25, 0.3) is 0 Å². The average molecular weight is 283 g/mol. The maximum atomic E-state index is 5.38. The monoisotopic (exact) mass is 283 g/mol. The molecule has 0 aromatic heterocycles. The molecule has 0 fully saturated rings. The summed E-state index contributed by atoms with van der Waals surface area (Å²) < 4.78 is 16.1. The van der Waals surface area contributed by atoms with E-state index in [9.17, 15) is 0 Å². The lowest BCUT2D eigenvalue weighted by atomic mass is 10.0. The van der Waals surface area contributed by atoms with Gasteiger partial charge in [-0.15, -0.1) is 0 Å². The number of rotatable bonds is 5. The maximum absolute atomic E-state index is 5.38. The summed E-state index contributed by atoms with van der Waals surface area (Å²) >= 11 is 0. The summed E-state index contributed by atoms with van der Waals surface area (Å²) in [5.74, 6) is 1.89. The topological polar surface area (TPSA) is 40.0 Å². The molecule has 3 rings (SSSR count). The van der Waals surface area contributed by atoms with E-state index < -0.39 is 0 Å². The largest absolute Gasteiger partial charge is 0.493 e. The summed E-state index contributed by atoms with van der Waals surface area (Å²) in [7, 11) is 4.83. The van der Waals surface area contributed by atoms with Crippen molar-refractivity contribution in [1.82, 2.24) is 0 Å². The lowest BCUT2D eigenvalue weighted by Crippen LogP contribution is -1.99. The summed E-state index contributed by atoms with van der Waals surface area (Å²) in [4.78, 5) is 4.57. The van der Waals surface area contributed by atoms with Crippen LogP contribution in [-0.2, 0) is 0 Å². The molecule has 1 atom stereocenters. The lowest BCUT2D eigenvalue weighted by molar-refractivity contribution is 0.324. The third kappa shape index (κ3) is 2.44. The second kappa shape index (κ2) is 5.48. The van der Waals surface area contributed by atoms with E-state index in [0.29, 0.717) is 17.2 Å². The minimum atomic E-state index is 0.133. The molecule has 0 bridgehead atoms. The van der Waals surface area contributed by atoms with E-state index in [1.807, 2.05) is 30.3 Å². The van der Waals surface area contributed by atoms with Crippen LogP contribution in [0.4, 0.5) is 0 Å². The molecular weight excluding hydrogens is 266 g/mol. The Morgan fingerprint density at radius 3 is 2.00 bits per heavy atom. The van der Waals surface area contributed by atoms with Crippen molar-refractivity contribution in [1.29, 1.82) is 0 Å². The lowest BCUT2D eigenvalue weighted by Gasteiger charge is -2.13. The fraction of sp³-hybridized carbons (Fsp3) is 0.235. The number of hydrogen-bond acceptors (Lipinski definition) is 4. The molecular formula is C17H17NO3. The van der Waals surface area contributed by atoms with Gasteiger partial charge in [0.2, 0.25) is 5.75 Å². The number of methoxy groups -OCH3 is 3.